The molecule has 0 unspecified atom stereocenters. The number of hydrogen-bond acceptors (Lipinski definition) is 3. The van der Waals surface area contributed by atoms with Crippen molar-refractivity contribution in [3.63, 3.8) is 0 Å². The molecule has 0 saturated carbocycles. The van der Waals surface area contributed by atoms with E-state index in [9.17, 15) is 4.79 Å². The molecule has 106 valence electrons. The van der Waals surface area contributed by atoms with E-state index in [-0.39, 0.29) is 13.0 Å². The minimum atomic E-state index is -0.868. The Morgan fingerprint density at radius 2 is 1.74 bits per heavy atom. The number of ether oxygens (including phenoxy) is 1. The van der Waals surface area contributed by atoms with Crippen molar-refractivity contribution in [3.05, 3.63) is 24.3 Å². The first kappa shape index (κ1) is 15.9. The summed E-state index contributed by atoms with van der Waals surface area (Å²) >= 11 is 11.5. The van der Waals surface area contributed by atoms with Gasteiger partial charge in [0.05, 0.1) is 13.0 Å². The highest BCUT2D eigenvalue weighted by molar-refractivity contribution is 6.18. The Hall–Kier alpha value is -1.13. The first-order valence-electron chi connectivity index (χ1n) is 5.99. The number of rotatable bonds is 9. The summed E-state index contributed by atoms with van der Waals surface area (Å²) in [6.45, 7) is 1.63. The van der Waals surface area contributed by atoms with Gasteiger partial charge in [0.1, 0.15) is 5.75 Å². The van der Waals surface area contributed by atoms with Gasteiger partial charge in [-0.05, 0) is 24.3 Å². The van der Waals surface area contributed by atoms with Gasteiger partial charge in [0.15, 0.2) is 0 Å². The van der Waals surface area contributed by atoms with Crippen LogP contribution in [0.1, 0.15) is 6.42 Å². The average molecular weight is 306 g/mol. The third-order valence-electron chi connectivity index (χ3n) is 2.50. The Morgan fingerprint density at radius 3 is 2.21 bits per heavy atom. The molecule has 0 spiro atoms. The normalized spacial score (nSPS) is 10.2. The molecule has 1 N–H and O–H groups in total. The maximum Gasteiger partial charge on any atom is 0.306 e. The van der Waals surface area contributed by atoms with E-state index in [1.807, 2.05) is 24.3 Å². The highest BCUT2D eigenvalue weighted by atomic mass is 35.5. The molecule has 0 saturated heterocycles. The number of anilines is 1. The quantitative estimate of drug-likeness (QED) is 0.713. The van der Waals surface area contributed by atoms with E-state index in [1.54, 1.807) is 0 Å². The lowest BCUT2D eigenvalue weighted by Gasteiger charge is -2.23. The number of carbonyl (C=O) groups is 1. The minimum absolute atomic E-state index is 0.00757. The molecule has 0 aliphatic carbocycles. The molecule has 0 aliphatic rings. The fourth-order valence-electron chi connectivity index (χ4n) is 1.58. The maximum absolute atomic E-state index is 10.4. The van der Waals surface area contributed by atoms with Crippen LogP contribution >= 0.6 is 23.2 Å². The van der Waals surface area contributed by atoms with Gasteiger partial charge in [0.2, 0.25) is 0 Å². The van der Waals surface area contributed by atoms with Crippen LogP contribution in [0.4, 0.5) is 5.69 Å². The van der Waals surface area contributed by atoms with Gasteiger partial charge in [-0.25, -0.2) is 0 Å². The predicted octanol–water partition coefficient (Wildman–Crippen LogP) is 2.82. The second kappa shape index (κ2) is 8.88. The van der Waals surface area contributed by atoms with Gasteiger partial charge in [-0.1, -0.05) is 0 Å². The summed E-state index contributed by atoms with van der Waals surface area (Å²) in [5.74, 6) is 0.857. The van der Waals surface area contributed by atoms with E-state index in [1.165, 1.54) is 0 Å². The molecule has 0 atom stereocenters. The summed E-state index contributed by atoms with van der Waals surface area (Å²) in [4.78, 5) is 12.4. The Labute approximate surface area is 122 Å². The zero-order valence-electron chi connectivity index (χ0n) is 10.5. The molecule has 0 aliphatic heterocycles. The number of carboxylic acid groups (broad SMARTS) is 1. The molecular weight excluding hydrogens is 289 g/mol. The number of alkyl halides is 2. The van der Waals surface area contributed by atoms with Crippen LogP contribution in [0.3, 0.4) is 0 Å². The monoisotopic (exact) mass is 305 g/mol. The lowest BCUT2D eigenvalue weighted by Crippen LogP contribution is -2.27. The summed E-state index contributed by atoms with van der Waals surface area (Å²) in [5, 5.41) is 8.51. The maximum atomic E-state index is 10.4. The summed E-state index contributed by atoms with van der Waals surface area (Å²) in [5.41, 5.74) is 1.02. The molecule has 6 heteroatoms. The first-order chi connectivity index (χ1) is 9.17. The molecule has 0 radical (unpaired) electrons. The zero-order valence-corrected chi connectivity index (χ0v) is 12.0. The van der Waals surface area contributed by atoms with Gasteiger partial charge >= 0.3 is 5.97 Å². The van der Waals surface area contributed by atoms with Crippen molar-refractivity contribution >= 4 is 34.9 Å². The van der Waals surface area contributed by atoms with Crippen molar-refractivity contribution in [1.82, 2.24) is 0 Å². The topological polar surface area (TPSA) is 49.8 Å². The number of benzene rings is 1. The lowest BCUT2D eigenvalue weighted by atomic mass is 10.2. The summed E-state index contributed by atoms with van der Waals surface area (Å²) in [6.07, 6.45) is -0.00757. The lowest BCUT2D eigenvalue weighted by molar-refractivity contribution is -0.137. The Kier molecular flexibility index (Phi) is 7.45. The van der Waals surface area contributed by atoms with Crippen molar-refractivity contribution in [2.24, 2.45) is 0 Å². The summed E-state index contributed by atoms with van der Waals surface area (Å²) < 4.78 is 5.32. The molecule has 0 heterocycles. The van der Waals surface area contributed by atoms with Crippen LogP contribution in [0.25, 0.3) is 0 Å². The molecule has 1 rings (SSSR count). The molecule has 0 fully saturated rings. The van der Waals surface area contributed by atoms with Gasteiger partial charge in [0.25, 0.3) is 0 Å². The third-order valence-corrected chi connectivity index (χ3v) is 2.83. The predicted molar refractivity (Wildman–Crippen MR) is 77.8 cm³/mol. The Morgan fingerprint density at radius 1 is 1.16 bits per heavy atom. The van der Waals surface area contributed by atoms with Gasteiger partial charge in [-0.15, -0.1) is 23.2 Å². The van der Waals surface area contributed by atoms with Crippen LogP contribution in [0.5, 0.6) is 5.75 Å². The standard InChI is InChI=1S/C13H17Cl2NO3/c14-6-8-16(9-7-15)11-1-3-12(4-2-11)19-10-5-13(17)18/h1-4H,5-10H2,(H,17,18). The molecule has 0 amide bonds. The number of aliphatic carboxylic acids is 1. The van der Waals surface area contributed by atoms with Gasteiger partial charge in [0, 0.05) is 30.5 Å². The van der Waals surface area contributed by atoms with E-state index in [2.05, 4.69) is 4.90 Å². The van der Waals surface area contributed by atoms with E-state index in [0.29, 0.717) is 17.5 Å². The van der Waals surface area contributed by atoms with Crippen LogP contribution in [0, 0.1) is 0 Å². The number of carboxylic acids is 1. The van der Waals surface area contributed by atoms with Crippen molar-refractivity contribution in [3.8, 4) is 5.75 Å². The molecule has 1 aromatic rings. The second-order valence-electron chi connectivity index (χ2n) is 3.85. The summed E-state index contributed by atoms with van der Waals surface area (Å²) in [7, 11) is 0. The Balaban J connectivity index is 2.55. The third kappa shape index (κ3) is 6.03. The molecule has 4 nitrogen and oxygen atoms in total. The largest absolute Gasteiger partial charge is 0.493 e. The Bertz CT molecular complexity index is 378. The van der Waals surface area contributed by atoms with Crippen LogP contribution < -0.4 is 9.64 Å². The number of hydrogen-bond donors (Lipinski definition) is 1. The molecule has 0 bridgehead atoms. The smallest absolute Gasteiger partial charge is 0.306 e. The molecule has 19 heavy (non-hydrogen) atoms. The van der Waals surface area contributed by atoms with Crippen molar-refractivity contribution in [2.45, 2.75) is 6.42 Å². The van der Waals surface area contributed by atoms with Crippen molar-refractivity contribution in [2.75, 3.05) is 36.4 Å². The van der Waals surface area contributed by atoms with E-state index < -0.39 is 5.97 Å². The number of halogens is 2. The van der Waals surface area contributed by atoms with Gasteiger partial charge < -0.3 is 14.7 Å². The van der Waals surface area contributed by atoms with Gasteiger partial charge in [-0.3, -0.25) is 4.79 Å². The molecule has 1 aromatic carbocycles. The van der Waals surface area contributed by atoms with Crippen molar-refractivity contribution < 1.29 is 14.6 Å². The van der Waals surface area contributed by atoms with Crippen LogP contribution in [-0.4, -0.2) is 42.5 Å². The summed E-state index contributed by atoms with van der Waals surface area (Å²) in [6, 6.07) is 7.45. The van der Waals surface area contributed by atoms with Gasteiger partial charge in [-0.2, -0.15) is 0 Å². The fraction of sp³-hybridized carbons (Fsp3) is 0.462. The molecular formula is C13H17Cl2NO3. The number of nitrogens with zero attached hydrogens (tertiary/aromatic N) is 1. The van der Waals surface area contributed by atoms with Crippen LogP contribution in [0.2, 0.25) is 0 Å². The molecule has 0 aromatic heterocycles. The highest BCUT2D eigenvalue weighted by Crippen LogP contribution is 2.19. The minimum Gasteiger partial charge on any atom is -0.493 e. The van der Waals surface area contributed by atoms with Crippen LogP contribution in [-0.2, 0) is 4.79 Å². The zero-order chi connectivity index (χ0) is 14.1. The fourth-order valence-corrected chi connectivity index (χ4v) is 1.99. The highest BCUT2D eigenvalue weighted by Gasteiger charge is 2.05. The first-order valence-corrected chi connectivity index (χ1v) is 7.06. The van der Waals surface area contributed by atoms with E-state index >= 15 is 0 Å². The van der Waals surface area contributed by atoms with E-state index in [0.717, 1.165) is 18.8 Å². The second-order valence-corrected chi connectivity index (χ2v) is 4.61. The average Bonchev–Trinajstić information content (AvgIpc) is 2.39. The SMILES string of the molecule is O=C(O)CCOc1ccc(N(CCCl)CCCl)cc1. The van der Waals surface area contributed by atoms with Crippen LogP contribution in [0.15, 0.2) is 24.3 Å². The van der Waals surface area contributed by atoms with E-state index in [4.69, 9.17) is 33.0 Å². The van der Waals surface area contributed by atoms with Crippen molar-refractivity contribution in [1.29, 1.82) is 0 Å².